The number of carbonyl (C=O) groups excluding carboxylic acids is 2. The van der Waals surface area contributed by atoms with Gasteiger partial charge in [0, 0.05) is 13.8 Å². The number of esters is 2. The van der Waals surface area contributed by atoms with Gasteiger partial charge in [0.15, 0.2) is 5.41 Å². The highest BCUT2D eigenvalue weighted by Gasteiger charge is 2.54. The van der Waals surface area contributed by atoms with E-state index in [0.717, 1.165) is 0 Å². The number of carbonyl (C=O) groups is 2. The molecule has 0 aromatic heterocycles. The van der Waals surface area contributed by atoms with E-state index in [2.05, 4.69) is 6.58 Å². The number of hydrogen-bond acceptors (Lipinski definition) is 4. The molecule has 0 bridgehead atoms. The highest BCUT2D eigenvalue weighted by molar-refractivity contribution is 6.02. The molecule has 1 rings (SSSR count). The molecule has 0 saturated carbocycles. The molecule has 0 atom stereocenters. The van der Waals surface area contributed by atoms with Crippen molar-refractivity contribution in [1.82, 2.24) is 0 Å². The first-order valence-corrected chi connectivity index (χ1v) is 5.57. The van der Waals surface area contributed by atoms with E-state index in [4.69, 9.17) is 9.47 Å². The smallest absolute Gasteiger partial charge is 0.327 e. The normalized spacial score (nSPS) is 22.1. The van der Waals surface area contributed by atoms with Gasteiger partial charge in [-0.15, -0.1) is 6.58 Å². The van der Waals surface area contributed by atoms with Crippen molar-refractivity contribution in [2.75, 3.05) is 0 Å². The lowest BCUT2D eigenvalue weighted by Crippen LogP contribution is -2.53. The monoisotopic (exact) mass is 238 g/mol. The van der Waals surface area contributed by atoms with Crippen LogP contribution in [0.25, 0.3) is 0 Å². The van der Waals surface area contributed by atoms with Crippen molar-refractivity contribution in [3.63, 3.8) is 0 Å². The number of rotatable bonds is 4. The molecule has 0 radical (unpaired) electrons. The Morgan fingerprint density at radius 3 is 2.12 bits per heavy atom. The van der Waals surface area contributed by atoms with Crippen LogP contribution in [-0.4, -0.2) is 17.7 Å². The molecule has 94 valence electrons. The molecular formula is C13H18O4. The van der Waals surface area contributed by atoms with Crippen molar-refractivity contribution in [2.24, 2.45) is 5.41 Å². The van der Waals surface area contributed by atoms with Crippen molar-refractivity contribution < 1.29 is 19.1 Å². The zero-order valence-electron chi connectivity index (χ0n) is 10.5. The predicted molar refractivity (Wildman–Crippen MR) is 62.9 cm³/mol. The minimum absolute atomic E-state index is 0.213. The fraction of sp³-hybridized carbons (Fsp3) is 0.538. The van der Waals surface area contributed by atoms with Crippen LogP contribution >= 0.6 is 0 Å². The summed E-state index contributed by atoms with van der Waals surface area (Å²) >= 11 is 0. The van der Waals surface area contributed by atoms with Crippen LogP contribution in [0.15, 0.2) is 24.8 Å². The standard InChI is InChI=1S/C13H18O4/c1-5-7-9-13(8-6-2)10(14)16-12(3,4)17-11(13)15/h5-7H,2,8-9H2,1,3-4H3/b7-5+. The summed E-state index contributed by atoms with van der Waals surface area (Å²) in [6, 6.07) is 0. The predicted octanol–water partition coefficient (Wildman–Crippen LogP) is 2.35. The van der Waals surface area contributed by atoms with Gasteiger partial charge >= 0.3 is 11.9 Å². The Labute approximate surface area is 101 Å². The summed E-state index contributed by atoms with van der Waals surface area (Å²) in [5.74, 6) is -2.28. The first-order chi connectivity index (χ1) is 7.88. The van der Waals surface area contributed by atoms with E-state index < -0.39 is 23.1 Å². The summed E-state index contributed by atoms with van der Waals surface area (Å²) in [6.07, 6.45) is 5.55. The lowest BCUT2D eigenvalue weighted by Gasteiger charge is -2.39. The van der Waals surface area contributed by atoms with Crippen LogP contribution in [0.1, 0.15) is 33.6 Å². The lowest BCUT2D eigenvalue weighted by atomic mass is 9.80. The van der Waals surface area contributed by atoms with E-state index in [1.165, 1.54) is 19.9 Å². The van der Waals surface area contributed by atoms with Gasteiger partial charge < -0.3 is 9.47 Å². The maximum Gasteiger partial charge on any atom is 0.327 e. The zero-order chi connectivity index (χ0) is 13.1. The average molecular weight is 238 g/mol. The van der Waals surface area contributed by atoms with E-state index in [0.29, 0.717) is 0 Å². The molecule has 0 aromatic rings. The summed E-state index contributed by atoms with van der Waals surface area (Å²) in [5.41, 5.74) is -1.27. The van der Waals surface area contributed by atoms with E-state index in [-0.39, 0.29) is 12.8 Å². The Bertz CT molecular complexity index is 346. The van der Waals surface area contributed by atoms with E-state index in [9.17, 15) is 9.59 Å². The summed E-state index contributed by atoms with van der Waals surface area (Å²) in [6.45, 7) is 8.47. The highest BCUT2D eigenvalue weighted by atomic mass is 16.7. The van der Waals surface area contributed by atoms with Crippen LogP contribution in [0.3, 0.4) is 0 Å². The van der Waals surface area contributed by atoms with Crippen molar-refractivity contribution in [3.05, 3.63) is 24.8 Å². The molecule has 0 spiro atoms. The second-order valence-electron chi connectivity index (χ2n) is 4.53. The molecule has 4 nitrogen and oxygen atoms in total. The average Bonchev–Trinajstić information content (AvgIpc) is 2.20. The Kier molecular flexibility index (Phi) is 3.76. The fourth-order valence-corrected chi connectivity index (χ4v) is 1.73. The first-order valence-electron chi connectivity index (χ1n) is 5.57. The second-order valence-corrected chi connectivity index (χ2v) is 4.53. The number of ether oxygens (including phenoxy) is 2. The van der Waals surface area contributed by atoms with Gasteiger partial charge in [-0.2, -0.15) is 0 Å². The third-order valence-electron chi connectivity index (χ3n) is 2.65. The molecule has 4 heteroatoms. The topological polar surface area (TPSA) is 52.6 Å². The van der Waals surface area contributed by atoms with Crippen LogP contribution in [0.2, 0.25) is 0 Å². The second kappa shape index (κ2) is 4.73. The van der Waals surface area contributed by atoms with Gasteiger partial charge in [-0.25, -0.2) is 0 Å². The van der Waals surface area contributed by atoms with E-state index in [1.54, 1.807) is 12.2 Å². The van der Waals surface area contributed by atoms with Gasteiger partial charge in [-0.3, -0.25) is 9.59 Å². The number of cyclic esters (lactones) is 2. The molecule has 0 unspecified atom stereocenters. The molecule has 0 aromatic carbocycles. The maximum absolute atomic E-state index is 12.0. The molecule has 1 aliphatic heterocycles. The van der Waals surface area contributed by atoms with Crippen molar-refractivity contribution in [1.29, 1.82) is 0 Å². The van der Waals surface area contributed by atoms with Crippen LogP contribution < -0.4 is 0 Å². The largest absolute Gasteiger partial charge is 0.422 e. The molecule has 1 fully saturated rings. The Morgan fingerprint density at radius 2 is 1.71 bits per heavy atom. The van der Waals surface area contributed by atoms with Crippen molar-refractivity contribution in [3.8, 4) is 0 Å². The van der Waals surface area contributed by atoms with Gasteiger partial charge in [0.2, 0.25) is 0 Å². The first kappa shape index (κ1) is 13.5. The Balaban J connectivity index is 3.07. The third kappa shape index (κ3) is 2.57. The van der Waals surface area contributed by atoms with Gasteiger partial charge in [-0.1, -0.05) is 18.2 Å². The minimum atomic E-state index is -1.27. The van der Waals surface area contributed by atoms with Crippen LogP contribution in [-0.2, 0) is 19.1 Å². The van der Waals surface area contributed by atoms with Gasteiger partial charge in [0.1, 0.15) is 0 Å². The van der Waals surface area contributed by atoms with E-state index >= 15 is 0 Å². The lowest BCUT2D eigenvalue weighted by molar-refractivity contribution is -0.250. The minimum Gasteiger partial charge on any atom is -0.422 e. The summed E-state index contributed by atoms with van der Waals surface area (Å²) in [5, 5.41) is 0. The summed E-state index contributed by atoms with van der Waals surface area (Å²) < 4.78 is 10.3. The third-order valence-corrected chi connectivity index (χ3v) is 2.65. The summed E-state index contributed by atoms with van der Waals surface area (Å²) in [7, 11) is 0. The Morgan fingerprint density at radius 1 is 1.18 bits per heavy atom. The van der Waals surface area contributed by atoms with Crippen molar-refractivity contribution in [2.45, 2.75) is 39.4 Å². The fourth-order valence-electron chi connectivity index (χ4n) is 1.73. The molecule has 1 aliphatic rings. The van der Waals surface area contributed by atoms with Crippen LogP contribution in [0.4, 0.5) is 0 Å². The zero-order valence-corrected chi connectivity index (χ0v) is 10.5. The van der Waals surface area contributed by atoms with Gasteiger partial charge in [-0.05, 0) is 19.8 Å². The van der Waals surface area contributed by atoms with Gasteiger partial charge in [0.25, 0.3) is 5.79 Å². The summed E-state index contributed by atoms with van der Waals surface area (Å²) in [4.78, 5) is 24.1. The molecule has 0 N–H and O–H groups in total. The van der Waals surface area contributed by atoms with Gasteiger partial charge in [0.05, 0.1) is 0 Å². The van der Waals surface area contributed by atoms with E-state index in [1.807, 2.05) is 6.92 Å². The molecule has 17 heavy (non-hydrogen) atoms. The molecule has 1 heterocycles. The maximum atomic E-state index is 12.0. The Hall–Kier alpha value is -1.58. The van der Waals surface area contributed by atoms with Crippen LogP contribution in [0, 0.1) is 5.41 Å². The van der Waals surface area contributed by atoms with Crippen LogP contribution in [0.5, 0.6) is 0 Å². The molecule has 0 aliphatic carbocycles. The SMILES string of the molecule is C=CCC1(C/C=C/C)C(=O)OC(C)(C)OC1=O. The quantitative estimate of drug-likeness (QED) is 0.428. The molecule has 1 saturated heterocycles. The number of allylic oxidation sites excluding steroid dienone is 3. The number of hydrogen-bond donors (Lipinski definition) is 0. The highest BCUT2D eigenvalue weighted by Crippen LogP contribution is 2.38. The van der Waals surface area contributed by atoms with Crippen molar-refractivity contribution >= 4 is 11.9 Å². The molecular weight excluding hydrogens is 220 g/mol. The molecule has 0 amide bonds.